The van der Waals surface area contributed by atoms with Gasteiger partial charge in [-0.15, -0.1) is 18.3 Å². The van der Waals surface area contributed by atoms with Crippen molar-refractivity contribution in [2.24, 2.45) is 0 Å². The predicted molar refractivity (Wildman–Crippen MR) is 119 cm³/mol. The number of ether oxygens (including phenoxy) is 1. The molecule has 1 aliphatic heterocycles. The number of amides is 2. The molecule has 0 radical (unpaired) electrons. The second kappa shape index (κ2) is 9.12. The third-order valence-electron chi connectivity index (χ3n) is 5.51. The average molecular weight is 483 g/mol. The summed E-state index contributed by atoms with van der Waals surface area (Å²) in [6.45, 7) is 1.38. The van der Waals surface area contributed by atoms with E-state index in [4.69, 9.17) is 0 Å². The van der Waals surface area contributed by atoms with Crippen LogP contribution in [0, 0.1) is 0 Å². The molecule has 5 rings (SSSR count). The van der Waals surface area contributed by atoms with Crippen LogP contribution in [0.1, 0.15) is 17.0 Å². The molecule has 12 heteroatoms. The lowest BCUT2D eigenvalue weighted by molar-refractivity contribution is -0.274. The summed E-state index contributed by atoms with van der Waals surface area (Å²) in [6.07, 6.45) is -0.656. The van der Waals surface area contributed by atoms with E-state index in [2.05, 4.69) is 25.5 Å². The summed E-state index contributed by atoms with van der Waals surface area (Å²) in [5.74, 6) is -0.309. The van der Waals surface area contributed by atoms with Crippen molar-refractivity contribution in [3.63, 3.8) is 0 Å². The molecule has 0 atom stereocenters. The summed E-state index contributed by atoms with van der Waals surface area (Å²) in [6, 6.07) is 14.5. The number of urea groups is 1. The van der Waals surface area contributed by atoms with Crippen LogP contribution in [0.5, 0.6) is 5.75 Å². The Kier molecular flexibility index (Phi) is 5.85. The Hall–Kier alpha value is -4.35. The van der Waals surface area contributed by atoms with E-state index in [1.165, 1.54) is 28.9 Å². The summed E-state index contributed by atoms with van der Waals surface area (Å²) in [5.41, 5.74) is 3.91. The number of benzene rings is 2. The lowest BCUT2D eigenvalue weighted by Gasteiger charge is -2.27. The van der Waals surface area contributed by atoms with Gasteiger partial charge in [-0.25, -0.2) is 9.48 Å². The summed E-state index contributed by atoms with van der Waals surface area (Å²) in [5, 5.41) is 15.6. The van der Waals surface area contributed by atoms with E-state index in [1.54, 1.807) is 17.3 Å². The van der Waals surface area contributed by atoms with Gasteiger partial charge in [0.05, 0.1) is 31.2 Å². The summed E-state index contributed by atoms with van der Waals surface area (Å²) >= 11 is 0. The number of fused-ring (bicyclic) bond motifs is 1. The summed E-state index contributed by atoms with van der Waals surface area (Å²) in [4.78, 5) is 14.3. The summed E-state index contributed by atoms with van der Waals surface area (Å²) < 4.78 is 44.2. The number of halogens is 3. The Morgan fingerprint density at radius 3 is 2.60 bits per heavy atom. The Labute approximate surface area is 197 Å². The van der Waals surface area contributed by atoms with Crippen LogP contribution >= 0.6 is 0 Å². The first-order valence-corrected chi connectivity index (χ1v) is 10.8. The second-order valence-electron chi connectivity index (χ2n) is 7.94. The quantitative estimate of drug-likeness (QED) is 0.464. The number of anilines is 1. The first-order chi connectivity index (χ1) is 16.8. The zero-order valence-electron chi connectivity index (χ0n) is 18.3. The van der Waals surface area contributed by atoms with Gasteiger partial charge in [-0.2, -0.15) is 5.10 Å². The number of hydrogen-bond donors (Lipinski definition) is 1. The van der Waals surface area contributed by atoms with Crippen molar-refractivity contribution in [1.82, 2.24) is 29.7 Å². The van der Waals surface area contributed by atoms with Gasteiger partial charge in [0, 0.05) is 29.9 Å². The minimum absolute atomic E-state index is 0.163. The molecule has 2 aromatic heterocycles. The fraction of sp³-hybridized carbons (Fsp3) is 0.217. The molecule has 1 aliphatic rings. The molecule has 0 saturated carbocycles. The molecule has 9 nitrogen and oxygen atoms in total. The van der Waals surface area contributed by atoms with Crippen LogP contribution in [0.2, 0.25) is 0 Å². The smallest absolute Gasteiger partial charge is 0.406 e. The van der Waals surface area contributed by atoms with Gasteiger partial charge in [0.15, 0.2) is 0 Å². The van der Waals surface area contributed by atoms with E-state index in [9.17, 15) is 18.0 Å². The van der Waals surface area contributed by atoms with Crippen molar-refractivity contribution in [3.8, 4) is 11.4 Å². The number of hydrogen-bond acceptors (Lipinski definition) is 5. The molecular weight excluding hydrogens is 463 g/mol. The van der Waals surface area contributed by atoms with Gasteiger partial charge in [0.1, 0.15) is 11.4 Å². The van der Waals surface area contributed by atoms with Gasteiger partial charge in [-0.3, -0.25) is 4.68 Å². The van der Waals surface area contributed by atoms with E-state index in [0.29, 0.717) is 37.4 Å². The molecule has 180 valence electrons. The Morgan fingerprint density at radius 1 is 1.09 bits per heavy atom. The maximum Gasteiger partial charge on any atom is 0.573 e. The topological polar surface area (TPSA) is 90.1 Å². The first kappa shape index (κ1) is 22.4. The van der Waals surface area contributed by atoms with Gasteiger partial charge < -0.3 is 15.0 Å². The Balaban J connectivity index is 1.23. The molecule has 0 fully saturated rings. The van der Waals surface area contributed by atoms with Crippen LogP contribution in [0.4, 0.5) is 23.7 Å². The van der Waals surface area contributed by atoms with Crippen LogP contribution in [0.3, 0.4) is 0 Å². The lowest BCUT2D eigenvalue weighted by Crippen LogP contribution is -2.39. The molecule has 2 aromatic carbocycles. The number of carbonyl (C=O) groups is 1. The number of para-hydroxylation sites is 1. The highest BCUT2D eigenvalue weighted by atomic mass is 19.4. The third kappa shape index (κ3) is 5.26. The standard InChI is InChI=1S/C23H20F3N7O2/c24-23(25,26)35-20-8-6-19(7-9-20)32-14-18(29-30-32)15-33-21-10-11-31(13-16(21)12-27-33)22(34)28-17-4-2-1-3-5-17/h1-9,12,14H,10-11,13,15H2,(H,28,34). The van der Waals surface area contributed by atoms with Gasteiger partial charge in [0.25, 0.3) is 0 Å². The highest BCUT2D eigenvalue weighted by Gasteiger charge is 2.31. The molecule has 35 heavy (non-hydrogen) atoms. The molecule has 0 unspecified atom stereocenters. The largest absolute Gasteiger partial charge is 0.573 e. The average Bonchev–Trinajstić information content (AvgIpc) is 3.46. The molecule has 0 bridgehead atoms. The zero-order valence-corrected chi connectivity index (χ0v) is 18.3. The van der Waals surface area contributed by atoms with Crippen LogP contribution in [0.15, 0.2) is 67.0 Å². The molecule has 0 saturated heterocycles. The summed E-state index contributed by atoms with van der Waals surface area (Å²) in [7, 11) is 0. The van der Waals surface area contributed by atoms with E-state index in [-0.39, 0.29) is 11.8 Å². The van der Waals surface area contributed by atoms with Gasteiger partial charge in [-0.05, 0) is 36.4 Å². The van der Waals surface area contributed by atoms with E-state index < -0.39 is 6.36 Å². The normalized spacial score (nSPS) is 13.4. The van der Waals surface area contributed by atoms with Crippen molar-refractivity contribution in [1.29, 1.82) is 0 Å². The fourth-order valence-electron chi connectivity index (χ4n) is 3.88. The van der Waals surface area contributed by atoms with Crippen LogP contribution in [0.25, 0.3) is 5.69 Å². The molecule has 0 spiro atoms. The monoisotopic (exact) mass is 483 g/mol. The lowest BCUT2D eigenvalue weighted by atomic mass is 10.1. The number of alkyl halides is 3. The molecular formula is C23H20F3N7O2. The minimum atomic E-state index is -4.74. The van der Waals surface area contributed by atoms with Crippen LogP contribution in [-0.4, -0.2) is 48.6 Å². The molecule has 0 aliphatic carbocycles. The van der Waals surface area contributed by atoms with Crippen LogP contribution in [-0.2, 0) is 19.5 Å². The van der Waals surface area contributed by atoms with Gasteiger partial charge in [-0.1, -0.05) is 23.4 Å². The SMILES string of the molecule is O=C(Nc1ccccc1)N1CCc2c(cnn2Cc2cn(-c3ccc(OC(F)(F)F)cc3)nn2)C1. The predicted octanol–water partition coefficient (Wildman–Crippen LogP) is 4.00. The minimum Gasteiger partial charge on any atom is -0.406 e. The number of aromatic nitrogens is 5. The van der Waals surface area contributed by atoms with Crippen molar-refractivity contribution in [3.05, 3.63) is 83.9 Å². The first-order valence-electron chi connectivity index (χ1n) is 10.8. The van der Waals surface area contributed by atoms with Gasteiger partial charge in [0.2, 0.25) is 0 Å². The molecule has 4 aromatic rings. The van der Waals surface area contributed by atoms with Gasteiger partial charge >= 0.3 is 12.4 Å². The maximum atomic E-state index is 12.6. The number of nitrogens with zero attached hydrogens (tertiary/aromatic N) is 6. The Morgan fingerprint density at radius 2 is 1.86 bits per heavy atom. The maximum absolute atomic E-state index is 12.6. The second-order valence-corrected chi connectivity index (χ2v) is 7.94. The molecule has 3 heterocycles. The van der Waals surface area contributed by atoms with Crippen LogP contribution < -0.4 is 10.1 Å². The van der Waals surface area contributed by atoms with E-state index >= 15 is 0 Å². The van der Waals surface area contributed by atoms with Crippen molar-refractivity contribution >= 4 is 11.7 Å². The van der Waals surface area contributed by atoms with Crippen molar-refractivity contribution in [2.75, 3.05) is 11.9 Å². The van der Waals surface area contributed by atoms with E-state index in [0.717, 1.165) is 16.9 Å². The van der Waals surface area contributed by atoms with E-state index in [1.807, 2.05) is 35.0 Å². The fourth-order valence-corrected chi connectivity index (χ4v) is 3.88. The molecule has 1 N–H and O–H groups in total. The van der Waals surface area contributed by atoms with Crippen molar-refractivity contribution in [2.45, 2.75) is 25.9 Å². The highest BCUT2D eigenvalue weighted by Crippen LogP contribution is 2.24. The highest BCUT2D eigenvalue weighted by molar-refractivity contribution is 5.89. The number of rotatable bonds is 5. The number of nitrogens with one attached hydrogen (secondary N) is 1. The zero-order chi connectivity index (χ0) is 24.4. The number of carbonyl (C=O) groups excluding carboxylic acids is 1. The Bertz CT molecular complexity index is 1320. The molecule has 2 amide bonds. The third-order valence-corrected chi connectivity index (χ3v) is 5.51. The van der Waals surface area contributed by atoms with Crippen molar-refractivity contribution < 1.29 is 22.7 Å².